The van der Waals surface area contributed by atoms with Gasteiger partial charge >= 0.3 is 0 Å². The van der Waals surface area contributed by atoms with Gasteiger partial charge in [-0.3, -0.25) is 4.79 Å². The summed E-state index contributed by atoms with van der Waals surface area (Å²) in [5.74, 6) is 0.300. The van der Waals surface area contributed by atoms with E-state index in [1.807, 2.05) is 18.2 Å². The minimum atomic E-state index is -2.93. The lowest BCUT2D eigenvalue weighted by Crippen LogP contribution is -2.40. The maximum atomic E-state index is 12.4. The number of anilines is 2. The molecule has 37 heavy (non-hydrogen) atoms. The van der Waals surface area contributed by atoms with E-state index in [0.717, 1.165) is 42.7 Å². The Morgan fingerprint density at radius 2 is 1.46 bits per heavy atom. The van der Waals surface area contributed by atoms with Crippen LogP contribution in [0.3, 0.4) is 0 Å². The first-order chi connectivity index (χ1) is 17.9. The van der Waals surface area contributed by atoms with Gasteiger partial charge in [0.1, 0.15) is 0 Å². The number of carbonyl (C=O) groups is 1. The predicted molar refractivity (Wildman–Crippen MR) is 151 cm³/mol. The van der Waals surface area contributed by atoms with Crippen LogP contribution in [0.4, 0.5) is 11.4 Å². The van der Waals surface area contributed by atoms with Gasteiger partial charge in [-0.25, -0.2) is 8.42 Å². The third-order valence-corrected chi connectivity index (χ3v) is 9.03. The molecule has 1 N–H and O–H groups in total. The van der Waals surface area contributed by atoms with Crippen LogP contribution in [0.15, 0.2) is 72.8 Å². The summed E-state index contributed by atoms with van der Waals surface area (Å²) in [5, 5.41) is 3.22. The summed E-state index contributed by atoms with van der Waals surface area (Å²) in [4.78, 5) is 17.0. The number of sulfone groups is 1. The quantitative estimate of drug-likeness (QED) is 0.509. The lowest BCUT2D eigenvalue weighted by Gasteiger charge is -2.35. The Hall–Kier alpha value is -3.32. The van der Waals surface area contributed by atoms with Crippen molar-refractivity contribution in [2.75, 3.05) is 47.5 Å². The first-order valence-corrected chi connectivity index (χ1v) is 15.0. The van der Waals surface area contributed by atoms with Gasteiger partial charge in [0.05, 0.1) is 23.2 Å². The summed E-state index contributed by atoms with van der Waals surface area (Å²) in [6.45, 7) is 4.59. The molecule has 2 saturated heterocycles. The molecule has 0 saturated carbocycles. The Bertz CT molecular complexity index is 1320. The van der Waals surface area contributed by atoms with Crippen LogP contribution in [0.25, 0.3) is 11.1 Å². The Labute approximate surface area is 220 Å². The Morgan fingerprint density at radius 1 is 0.784 bits per heavy atom. The van der Waals surface area contributed by atoms with Crippen molar-refractivity contribution in [3.8, 4) is 11.1 Å². The van der Waals surface area contributed by atoms with Crippen molar-refractivity contribution in [3.63, 3.8) is 0 Å². The van der Waals surface area contributed by atoms with E-state index in [0.29, 0.717) is 13.1 Å². The standard InChI is InChI=1S/C30H35N3O3S/c1-23(34)31-29(25-13-15-26(16-14-25)32-19-21-37(35,36)22-20-32)28-12-8-11-27(24-9-4-2-5-10-24)30(28)33-17-6-3-7-18-33/h2,4-5,8-16,29H,3,6-7,17-22H2,1H3,(H,31,34). The van der Waals surface area contributed by atoms with Gasteiger partial charge in [-0.05, 0) is 42.5 Å². The van der Waals surface area contributed by atoms with E-state index < -0.39 is 9.84 Å². The van der Waals surface area contributed by atoms with Gasteiger partial charge in [0.15, 0.2) is 9.84 Å². The first kappa shape index (κ1) is 25.3. The van der Waals surface area contributed by atoms with E-state index in [1.165, 1.54) is 23.2 Å². The molecule has 0 aliphatic carbocycles. The summed E-state index contributed by atoms with van der Waals surface area (Å²) >= 11 is 0. The molecule has 0 spiro atoms. The number of piperidine rings is 1. The number of nitrogens with zero attached hydrogens (tertiary/aromatic N) is 2. The van der Waals surface area contributed by atoms with Crippen LogP contribution < -0.4 is 15.1 Å². The highest BCUT2D eigenvalue weighted by molar-refractivity contribution is 7.91. The first-order valence-electron chi connectivity index (χ1n) is 13.2. The fourth-order valence-corrected chi connectivity index (χ4v) is 6.71. The SMILES string of the molecule is CC(=O)NC(c1ccc(N2CCS(=O)(=O)CC2)cc1)c1cccc(-c2ccccc2)c1N1CCCCC1. The molecule has 7 heteroatoms. The van der Waals surface area contributed by atoms with Crippen molar-refractivity contribution in [1.82, 2.24) is 5.32 Å². The second-order valence-electron chi connectivity index (χ2n) is 10.0. The molecule has 0 bridgehead atoms. The second-order valence-corrected chi connectivity index (χ2v) is 12.3. The van der Waals surface area contributed by atoms with Gasteiger partial charge in [0, 0.05) is 49.9 Å². The summed E-state index contributed by atoms with van der Waals surface area (Å²) in [6.07, 6.45) is 3.56. The van der Waals surface area contributed by atoms with Crippen LogP contribution in [0.5, 0.6) is 0 Å². The topological polar surface area (TPSA) is 69.7 Å². The number of para-hydroxylation sites is 1. The van der Waals surface area contributed by atoms with Crippen LogP contribution in [-0.4, -0.2) is 52.0 Å². The van der Waals surface area contributed by atoms with Crippen molar-refractivity contribution in [1.29, 1.82) is 0 Å². The molecule has 2 fully saturated rings. The van der Waals surface area contributed by atoms with Crippen LogP contribution >= 0.6 is 0 Å². The third kappa shape index (κ3) is 5.82. The lowest BCUT2D eigenvalue weighted by molar-refractivity contribution is -0.119. The summed E-state index contributed by atoms with van der Waals surface area (Å²) < 4.78 is 23.7. The molecule has 194 valence electrons. The number of carbonyl (C=O) groups excluding carboxylic acids is 1. The van der Waals surface area contributed by atoms with Gasteiger partial charge in [-0.15, -0.1) is 0 Å². The second kappa shape index (κ2) is 11.0. The normalized spacial score (nSPS) is 18.3. The van der Waals surface area contributed by atoms with E-state index in [1.54, 1.807) is 6.92 Å². The summed E-state index contributed by atoms with van der Waals surface area (Å²) in [7, 11) is -2.93. The Morgan fingerprint density at radius 3 is 2.11 bits per heavy atom. The summed E-state index contributed by atoms with van der Waals surface area (Å²) in [6, 6.07) is 24.8. The zero-order valence-corrected chi connectivity index (χ0v) is 22.2. The number of amides is 1. The van der Waals surface area contributed by atoms with E-state index >= 15 is 0 Å². The minimum absolute atomic E-state index is 0.0787. The van der Waals surface area contributed by atoms with Gasteiger partial charge in [0.2, 0.25) is 5.91 Å². The fourth-order valence-electron chi connectivity index (χ4n) is 5.51. The number of hydrogen-bond acceptors (Lipinski definition) is 5. The largest absolute Gasteiger partial charge is 0.371 e. The van der Waals surface area contributed by atoms with Crippen molar-refractivity contribution in [2.45, 2.75) is 32.2 Å². The van der Waals surface area contributed by atoms with Crippen LogP contribution in [-0.2, 0) is 14.6 Å². The monoisotopic (exact) mass is 517 g/mol. The molecule has 1 atom stereocenters. The molecule has 6 nitrogen and oxygen atoms in total. The van der Waals surface area contributed by atoms with Crippen molar-refractivity contribution < 1.29 is 13.2 Å². The summed E-state index contributed by atoms with van der Waals surface area (Å²) in [5.41, 5.74) is 6.65. The molecule has 0 radical (unpaired) electrons. The van der Waals surface area contributed by atoms with E-state index in [9.17, 15) is 13.2 Å². The van der Waals surface area contributed by atoms with Gasteiger partial charge in [-0.1, -0.05) is 60.7 Å². The maximum absolute atomic E-state index is 12.4. The highest BCUT2D eigenvalue weighted by Gasteiger charge is 2.26. The van der Waals surface area contributed by atoms with Crippen molar-refractivity contribution in [2.24, 2.45) is 0 Å². The molecule has 3 aromatic carbocycles. The minimum Gasteiger partial charge on any atom is -0.371 e. The molecule has 2 heterocycles. The number of benzene rings is 3. The maximum Gasteiger partial charge on any atom is 0.217 e. The zero-order valence-electron chi connectivity index (χ0n) is 21.4. The smallest absolute Gasteiger partial charge is 0.217 e. The third-order valence-electron chi connectivity index (χ3n) is 7.42. The van der Waals surface area contributed by atoms with E-state index in [4.69, 9.17) is 0 Å². The van der Waals surface area contributed by atoms with Crippen molar-refractivity contribution in [3.05, 3.63) is 83.9 Å². The molecule has 3 aromatic rings. The van der Waals surface area contributed by atoms with Crippen LogP contribution in [0.1, 0.15) is 43.4 Å². The molecule has 2 aliphatic rings. The predicted octanol–water partition coefficient (Wildman–Crippen LogP) is 4.80. The zero-order chi connectivity index (χ0) is 25.8. The molecule has 1 unspecified atom stereocenters. The van der Waals surface area contributed by atoms with Crippen molar-refractivity contribution >= 4 is 27.1 Å². The van der Waals surface area contributed by atoms with Crippen LogP contribution in [0.2, 0.25) is 0 Å². The highest BCUT2D eigenvalue weighted by Crippen LogP contribution is 2.40. The molecule has 1 amide bonds. The highest BCUT2D eigenvalue weighted by atomic mass is 32.2. The molecule has 0 aromatic heterocycles. The lowest BCUT2D eigenvalue weighted by atomic mass is 9.90. The number of nitrogens with one attached hydrogen (secondary N) is 1. The van der Waals surface area contributed by atoms with Gasteiger partial charge < -0.3 is 15.1 Å². The molecular formula is C30H35N3O3S. The molecular weight excluding hydrogens is 482 g/mol. The molecule has 2 aliphatic heterocycles. The average Bonchev–Trinajstić information content (AvgIpc) is 2.92. The Kier molecular flexibility index (Phi) is 7.51. The average molecular weight is 518 g/mol. The Balaban J connectivity index is 1.55. The van der Waals surface area contributed by atoms with Crippen LogP contribution in [0, 0.1) is 0 Å². The van der Waals surface area contributed by atoms with Gasteiger partial charge in [0.25, 0.3) is 0 Å². The van der Waals surface area contributed by atoms with Gasteiger partial charge in [-0.2, -0.15) is 0 Å². The van der Waals surface area contributed by atoms with E-state index in [-0.39, 0.29) is 23.5 Å². The fraction of sp³-hybridized carbons (Fsp3) is 0.367. The molecule has 5 rings (SSSR count). The van der Waals surface area contributed by atoms with E-state index in [2.05, 4.69) is 69.7 Å². The number of rotatable bonds is 6. The number of hydrogen-bond donors (Lipinski definition) is 1.